The summed E-state index contributed by atoms with van der Waals surface area (Å²) in [6.45, 7) is 7.90. The minimum absolute atomic E-state index is 0.0492. The van der Waals surface area contributed by atoms with Gasteiger partial charge in [-0.15, -0.1) is 0 Å². The van der Waals surface area contributed by atoms with Crippen LogP contribution >= 0.6 is 0 Å². The van der Waals surface area contributed by atoms with Gasteiger partial charge in [-0.2, -0.15) is 0 Å². The Balaban J connectivity index is 3.11. The topological polar surface area (TPSA) is 63.1 Å². The molecule has 0 saturated carbocycles. The zero-order valence-corrected chi connectivity index (χ0v) is 9.53. The molecule has 1 rings (SSSR count). The van der Waals surface area contributed by atoms with Gasteiger partial charge in [0.25, 0.3) is 0 Å². The van der Waals surface area contributed by atoms with Crippen molar-refractivity contribution in [1.82, 2.24) is 9.97 Å². The number of aryl methyl sites for hydroxylation is 1. The number of hydrogen-bond donors (Lipinski definition) is 1. The first kappa shape index (κ1) is 11.6. The first-order valence-corrected chi connectivity index (χ1v) is 4.86. The minimum Gasteiger partial charge on any atom is -0.481 e. The highest BCUT2D eigenvalue weighted by atomic mass is 16.4. The molecule has 0 bridgehead atoms. The second kappa shape index (κ2) is 3.96. The maximum Gasteiger partial charge on any atom is 0.309 e. The molecule has 0 radical (unpaired) electrons. The number of carboxylic acid groups (broad SMARTS) is 1. The maximum absolute atomic E-state index is 10.6. The van der Waals surface area contributed by atoms with Crippen molar-refractivity contribution in [2.45, 2.75) is 39.5 Å². The summed E-state index contributed by atoms with van der Waals surface area (Å²) in [5, 5.41) is 8.69. The van der Waals surface area contributed by atoms with E-state index in [1.807, 2.05) is 20.8 Å². The van der Waals surface area contributed by atoms with Crippen LogP contribution in [0.4, 0.5) is 0 Å². The summed E-state index contributed by atoms with van der Waals surface area (Å²) >= 11 is 0. The van der Waals surface area contributed by atoms with E-state index in [4.69, 9.17) is 5.11 Å². The van der Waals surface area contributed by atoms with Gasteiger partial charge in [-0.25, -0.2) is 9.97 Å². The van der Waals surface area contributed by atoms with E-state index < -0.39 is 5.97 Å². The molecule has 0 aromatic carbocycles. The molecule has 4 heteroatoms. The second-order valence-corrected chi connectivity index (χ2v) is 4.61. The van der Waals surface area contributed by atoms with Crippen LogP contribution < -0.4 is 0 Å². The lowest BCUT2D eigenvalue weighted by Gasteiger charge is -2.18. The summed E-state index contributed by atoms with van der Waals surface area (Å²) < 4.78 is 0. The van der Waals surface area contributed by atoms with E-state index in [-0.39, 0.29) is 11.8 Å². The molecule has 0 spiro atoms. The van der Waals surface area contributed by atoms with Gasteiger partial charge in [0.1, 0.15) is 5.82 Å². The summed E-state index contributed by atoms with van der Waals surface area (Å²) in [6.07, 6.45) is -0.0492. The standard InChI is InChI=1S/C11H16N2O2/c1-7-12-8(6-10(14)15)5-9(13-7)11(2,3)4/h5H,6H2,1-4H3,(H,14,15). The fraction of sp³-hybridized carbons (Fsp3) is 0.545. The Morgan fingerprint density at radius 2 is 2.00 bits per heavy atom. The van der Waals surface area contributed by atoms with Crippen molar-refractivity contribution in [2.75, 3.05) is 0 Å². The molecule has 0 aliphatic heterocycles. The van der Waals surface area contributed by atoms with Crippen molar-refractivity contribution >= 4 is 5.97 Å². The van der Waals surface area contributed by atoms with Gasteiger partial charge in [0, 0.05) is 11.1 Å². The molecule has 0 atom stereocenters. The van der Waals surface area contributed by atoms with Crippen LogP contribution in [0.3, 0.4) is 0 Å². The Kier molecular flexibility index (Phi) is 3.07. The second-order valence-electron chi connectivity index (χ2n) is 4.61. The first-order chi connectivity index (χ1) is 6.79. The summed E-state index contributed by atoms with van der Waals surface area (Å²) in [6, 6.07) is 1.76. The van der Waals surface area contributed by atoms with E-state index in [2.05, 4.69) is 9.97 Å². The Labute approximate surface area is 89.4 Å². The Hall–Kier alpha value is -1.45. The van der Waals surface area contributed by atoms with Crippen molar-refractivity contribution < 1.29 is 9.90 Å². The highest BCUT2D eigenvalue weighted by molar-refractivity contribution is 5.69. The zero-order valence-electron chi connectivity index (χ0n) is 9.53. The molecule has 82 valence electrons. The van der Waals surface area contributed by atoms with Crippen LogP contribution in [-0.4, -0.2) is 21.0 Å². The van der Waals surface area contributed by atoms with Crippen LogP contribution in [0.25, 0.3) is 0 Å². The number of carboxylic acids is 1. The van der Waals surface area contributed by atoms with Crippen LogP contribution in [-0.2, 0) is 16.6 Å². The largest absolute Gasteiger partial charge is 0.481 e. The van der Waals surface area contributed by atoms with Crippen molar-refractivity contribution in [3.8, 4) is 0 Å². The molecule has 1 heterocycles. The van der Waals surface area contributed by atoms with Gasteiger partial charge in [-0.1, -0.05) is 20.8 Å². The van der Waals surface area contributed by atoms with Gasteiger partial charge in [-0.05, 0) is 13.0 Å². The SMILES string of the molecule is Cc1nc(CC(=O)O)cc(C(C)(C)C)n1. The van der Waals surface area contributed by atoms with Gasteiger partial charge in [-0.3, -0.25) is 4.79 Å². The lowest BCUT2D eigenvalue weighted by molar-refractivity contribution is -0.136. The number of rotatable bonds is 2. The number of nitrogens with zero attached hydrogens (tertiary/aromatic N) is 2. The third-order valence-corrected chi connectivity index (χ3v) is 1.99. The molecular weight excluding hydrogens is 192 g/mol. The van der Waals surface area contributed by atoms with Crippen molar-refractivity contribution in [3.05, 3.63) is 23.3 Å². The number of aromatic nitrogens is 2. The van der Waals surface area contributed by atoms with E-state index in [1.54, 1.807) is 13.0 Å². The van der Waals surface area contributed by atoms with Gasteiger partial charge in [0.05, 0.1) is 12.1 Å². The molecule has 0 aliphatic rings. The predicted octanol–water partition coefficient (Wildman–Crippen LogP) is 1.71. The van der Waals surface area contributed by atoms with Gasteiger partial charge < -0.3 is 5.11 Å². The van der Waals surface area contributed by atoms with Crippen molar-refractivity contribution in [3.63, 3.8) is 0 Å². The van der Waals surface area contributed by atoms with Crippen LogP contribution in [0.15, 0.2) is 6.07 Å². The van der Waals surface area contributed by atoms with E-state index in [0.29, 0.717) is 11.5 Å². The van der Waals surface area contributed by atoms with E-state index in [9.17, 15) is 4.79 Å². The fourth-order valence-corrected chi connectivity index (χ4v) is 1.26. The van der Waals surface area contributed by atoms with Crippen molar-refractivity contribution in [2.24, 2.45) is 0 Å². The Bertz CT molecular complexity index is 381. The number of carbonyl (C=O) groups is 1. The highest BCUT2D eigenvalue weighted by Gasteiger charge is 2.17. The summed E-state index contributed by atoms with van der Waals surface area (Å²) in [5.41, 5.74) is 1.37. The minimum atomic E-state index is -0.868. The quantitative estimate of drug-likeness (QED) is 0.803. The predicted molar refractivity (Wildman–Crippen MR) is 56.8 cm³/mol. The average molecular weight is 208 g/mol. The van der Waals surface area contributed by atoms with Gasteiger partial charge >= 0.3 is 5.97 Å². The molecule has 15 heavy (non-hydrogen) atoms. The zero-order chi connectivity index (χ0) is 11.6. The summed E-state index contributed by atoms with van der Waals surface area (Å²) in [4.78, 5) is 19.0. The molecule has 1 aromatic heterocycles. The molecule has 0 unspecified atom stereocenters. The Morgan fingerprint density at radius 1 is 1.40 bits per heavy atom. The maximum atomic E-state index is 10.6. The lowest BCUT2D eigenvalue weighted by Crippen LogP contribution is -2.16. The van der Waals surface area contributed by atoms with Crippen LogP contribution in [0.5, 0.6) is 0 Å². The third kappa shape index (κ3) is 3.31. The highest BCUT2D eigenvalue weighted by Crippen LogP contribution is 2.20. The van der Waals surface area contributed by atoms with E-state index >= 15 is 0 Å². The lowest BCUT2D eigenvalue weighted by atomic mass is 9.91. The third-order valence-electron chi connectivity index (χ3n) is 1.99. The molecule has 0 amide bonds. The van der Waals surface area contributed by atoms with Crippen LogP contribution in [0, 0.1) is 6.92 Å². The van der Waals surface area contributed by atoms with E-state index in [1.165, 1.54) is 0 Å². The molecule has 0 saturated heterocycles. The van der Waals surface area contributed by atoms with Crippen LogP contribution in [0.2, 0.25) is 0 Å². The van der Waals surface area contributed by atoms with Gasteiger partial charge in [0.2, 0.25) is 0 Å². The Morgan fingerprint density at radius 3 is 2.47 bits per heavy atom. The number of hydrogen-bond acceptors (Lipinski definition) is 3. The van der Waals surface area contributed by atoms with Crippen LogP contribution in [0.1, 0.15) is 38.0 Å². The smallest absolute Gasteiger partial charge is 0.309 e. The molecule has 1 aromatic rings. The van der Waals surface area contributed by atoms with E-state index in [0.717, 1.165) is 5.69 Å². The summed E-state index contributed by atoms with van der Waals surface area (Å²) in [7, 11) is 0. The molecule has 1 N–H and O–H groups in total. The number of aliphatic carboxylic acids is 1. The first-order valence-electron chi connectivity index (χ1n) is 4.86. The normalized spacial score (nSPS) is 11.5. The summed E-state index contributed by atoms with van der Waals surface area (Å²) in [5.74, 6) is -0.244. The molecular formula is C11H16N2O2. The molecule has 0 aliphatic carbocycles. The average Bonchev–Trinajstić information content (AvgIpc) is 1.99. The monoisotopic (exact) mass is 208 g/mol. The van der Waals surface area contributed by atoms with Gasteiger partial charge in [0.15, 0.2) is 0 Å². The molecule has 0 fully saturated rings. The van der Waals surface area contributed by atoms with Crippen molar-refractivity contribution in [1.29, 1.82) is 0 Å². The fourth-order valence-electron chi connectivity index (χ4n) is 1.26. The molecule has 4 nitrogen and oxygen atoms in total.